The number of pyridine rings is 1. The fraction of sp³-hybridized carbons (Fsp3) is 0.130. The van der Waals surface area contributed by atoms with E-state index in [4.69, 9.17) is 0 Å². The van der Waals surface area contributed by atoms with Crippen LogP contribution in [-0.4, -0.2) is 37.6 Å². The van der Waals surface area contributed by atoms with Gasteiger partial charge in [0.15, 0.2) is 0 Å². The number of H-pyrrole nitrogens is 2. The molecule has 0 aliphatic rings. The Hall–Kier alpha value is -4.00. The van der Waals surface area contributed by atoms with E-state index in [0.29, 0.717) is 17.6 Å². The van der Waals surface area contributed by atoms with Gasteiger partial charge in [0.1, 0.15) is 0 Å². The summed E-state index contributed by atoms with van der Waals surface area (Å²) in [7, 11) is 0. The van der Waals surface area contributed by atoms with Crippen molar-refractivity contribution in [2.75, 3.05) is 6.54 Å². The van der Waals surface area contributed by atoms with Crippen LogP contribution in [-0.2, 0) is 0 Å². The highest BCUT2D eigenvalue weighted by Gasteiger charge is 2.16. The molecule has 3 heterocycles. The average molecular weight is 396 g/mol. The Morgan fingerprint density at radius 3 is 2.50 bits per heavy atom. The minimum atomic E-state index is -0.265. The van der Waals surface area contributed by atoms with E-state index in [1.807, 2.05) is 42.5 Å². The second kappa shape index (κ2) is 7.44. The number of amides is 1. The van der Waals surface area contributed by atoms with Gasteiger partial charge < -0.3 is 10.4 Å². The van der Waals surface area contributed by atoms with E-state index in [2.05, 4.69) is 49.5 Å². The molecule has 148 valence electrons. The summed E-state index contributed by atoms with van der Waals surface area (Å²) in [6.07, 6.45) is 3.50. The van der Waals surface area contributed by atoms with Crippen molar-refractivity contribution in [1.29, 1.82) is 0 Å². The van der Waals surface area contributed by atoms with Crippen molar-refractivity contribution < 1.29 is 4.79 Å². The van der Waals surface area contributed by atoms with Gasteiger partial charge in [-0.25, -0.2) is 9.97 Å². The number of nitrogens with one attached hydrogen (secondary N) is 3. The molecule has 3 N–H and O–H groups in total. The number of benzene rings is 2. The van der Waals surface area contributed by atoms with Crippen LogP contribution in [0.15, 0.2) is 67.0 Å². The highest BCUT2D eigenvalue weighted by atomic mass is 16.2. The summed E-state index contributed by atoms with van der Waals surface area (Å²) in [5.74, 6) is 0.127. The number of rotatable bonds is 5. The van der Waals surface area contributed by atoms with Crippen molar-refractivity contribution in [3.8, 4) is 11.3 Å². The monoisotopic (exact) mass is 396 g/mol. The molecular formula is C23H20N6O. The molecule has 0 aliphatic carbocycles. The van der Waals surface area contributed by atoms with Crippen LogP contribution < -0.4 is 5.32 Å². The Kier molecular flexibility index (Phi) is 4.48. The van der Waals surface area contributed by atoms with Crippen LogP contribution in [0, 0.1) is 0 Å². The summed E-state index contributed by atoms with van der Waals surface area (Å²) in [5, 5.41) is 10.3. The number of imidazole rings is 1. The molecule has 7 heteroatoms. The van der Waals surface area contributed by atoms with Crippen LogP contribution in [0.4, 0.5) is 0 Å². The summed E-state index contributed by atoms with van der Waals surface area (Å²) in [5.41, 5.74) is 5.41. The highest BCUT2D eigenvalue weighted by molar-refractivity contribution is 6.02. The van der Waals surface area contributed by atoms with Gasteiger partial charge in [-0.2, -0.15) is 0 Å². The van der Waals surface area contributed by atoms with Gasteiger partial charge >= 0.3 is 0 Å². The minimum absolute atomic E-state index is 0.187. The molecule has 3 aromatic heterocycles. The maximum Gasteiger partial charge on any atom is 0.289 e. The van der Waals surface area contributed by atoms with Crippen molar-refractivity contribution in [3.63, 3.8) is 0 Å². The molecule has 0 radical (unpaired) electrons. The zero-order valence-corrected chi connectivity index (χ0v) is 16.4. The molecule has 1 atom stereocenters. The molecular weight excluding hydrogens is 376 g/mol. The number of nitrogens with zero attached hydrogens (tertiary/aromatic N) is 3. The second-order valence-corrected chi connectivity index (χ2v) is 7.32. The number of aromatic nitrogens is 5. The van der Waals surface area contributed by atoms with Gasteiger partial charge in [0, 0.05) is 29.9 Å². The first-order valence-electron chi connectivity index (χ1n) is 9.80. The van der Waals surface area contributed by atoms with Crippen LogP contribution in [0.25, 0.3) is 33.2 Å². The molecule has 0 spiro atoms. The number of aromatic amines is 2. The average Bonchev–Trinajstić information content (AvgIpc) is 3.40. The summed E-state index contributed by atoms with van der Waals surface area (Å²) in [4.78, 5) is 25.6. The molecule has 0 fully saturated rings. The molecule has 0 saturated carbocycles. The first-order chi connectivity index (χ1) is 14.7. The quantitative estimate of drug-likeness (QED) is 0.417. The van der Waals surface area contributed by atoms with Crippen molar-refractivity contribution in [3.05, 3.63) is 78.4 Å². The second-order valence-electron chi connectivity index (χ2n) is 7.32. The Labute approximate surface area is 172 Å². The normalized spacial score (nSPS) is 12.3. The lowest BCUT2D eigenvalue weighted by Gasteiger charge is -2.12. The van der Waals surface area contributed by atoms with Gasteiger partial charge in [-0.15, -0.1) is 0 Å². The number of hydrogen-bond acceptors (Lipinski definition) is 4. The Morgan fingerprint density at radius 2 is 1.73 bits per heavy atom. The molecule has 1 amide bonds. The lowest BCUT2D eigenvalue weighted by molar-refractivity contribution is 0.0942. The third-order valence-corrected chi connectivity index (χ3v) is 5.27. The minimum Gasteiger partial charge on any atom is -0.349 e. The van der Waals surface area contributed by atoms with E-state index in [-0.39, 0.29) is 17.6 Å². The molecule has 0 aliphatic heterocycles. The Morgan fingerprint density at radius 1 is 1.00 bits per heavy atom. The van der Waals surface area contributed by atoms with E-state index < -0.39 is 0 Å². The van der Waals surface area contributed by atoms with Gasteiger partial charge in [0.25, 0.3) is 5.91 Å². The van der Waals surface area contributed by atoms with E-state index in [1.54, 1.807) is 12.4 Å². The Balaban J connectivity index is 1.40. The van der Waals surface area contributed by atoms with Crippen molar-refractivity contribution >= 4 is 27.8 Å². The highest BCUT2D eigenvalue weighted by Crippen LogP contribution is 2.28. The summed E-state index contributed by atoms with van der Waals surface area (Å²) < 4.78 is 0. The molecule has 30 heavy (non-hydrogen) atoms. The Bertz CT molecular complexity index is 1320. The van der Waals surface area contributed by atoms with E-state index in [9.17, 15) is 4.79 Å². The van der Waals surface area contributed by atoms with Crippen LogP contribution in [0.2, 0.25) is 0 Å². The standard InChI is InChI=1S/C23H20N6O/c1-14(15-5-3-2-4-6-15)13-25-23(30)22-26-19-11-17-18(12-20(19)27-22)28-29-21(17)16-7-9-24-10-8-16/h2-12,14,28-29H,13H2,1H3,(H,25,30)/t14-/m1/s1. The zero-order valence-electron chi connectivity index (χ0n) is 16.4. The predicted octanol–water partition coefficient (Wildman–Crippen LogP) is 4.03. The largest absolute Gasteiger partial charge is 0.349 e. The number of fused-ring (bicyclic) bond motifs is 2. The zero-order chi connectivity index (χ0) is 20.5. The predicted molar refractivity (Wildman–Crippen MR) is 116 cm³/mol. The summed E-state index contributed by atoms with van der Waals surface area (Å²) in [6.45, 7) is 2.60. The van der Waals surface area contributed by atoms with Gasteiger partial charge in [0.05, 0.1) is 22.2 Å². The van der Waals surface area contributed by atoms with Gasteiger partial charge in [0.2, 0.25) is 5.82 Å². The first kappa shape index (κ1) is 18.1. The lowest BCUT2D eigenvalue weighted by atomic mass is 10.0. The van der Waals surface area contributed by atoms with Gasteiger partial charge in [-0.05, 0) is 35.7 Å². The topological polar surface area (TPSA) is 99.3 Å². The molecule has 7 nitrogen and oxygen atoms in total. The molecule has 0 bridgehead atoms. The molecule has 0 saturated heterocycles. The summed E-state index contributed by atoms with van der Waals surface area (Å²) >= 11 is 0. The number of carbonyl (C=O) groups excluding carboxylic acids is 1. The van der Waals surface area contributed by atoms with Crippen molar-refractivity contribution in [2.24, 2.45) is 0 Å². The van der Waals surface area contributed by atoms with E-state index >= 15 is 0 Å². The van der Waals surface area contributed by atoms with Gasteiger partial charge in [-0.1, -0.05) is 37.3 Å². The molecule has 0 unspecified atom stereocenters. The fourth-order valence-corrected chi connectivity index (χ4v) is 3.59. The maximum absolute atomic E-state index is 12.6. The molecule has 2 aromatic carbocycles. The van der Waals surface area contributed by atoms with Crippen LogP contribution in [0.3, 0.4) is 0 Å². The molecule has 5 aromatic rings. The van der Waals surface area contributed by atoms with Crippen molar-refractivity contribution in [2.45, 2.75) is 12.8 Å². The van der Waals surface area contributed by atoms with Gasteiger partial charge in [-0.3, -0.25) is 14.9 Å². The van der Waals surface area contributed by atoms with Crippen LogP contribution in [0.5, 0.6) is 0 Å². The number of carbonyl (C=O) groups is 1. The smallest absolute Gasteiger partial charge is 0.289 e. The maximum atomic E-state index is 12.6. The first-order valence-corrected chi connectivity index (χ1v) is 9.80. The van der Waals surface area contributed by atoms with E-state index in [0.717, 1.165) is 22.2 Å². The van der Waals surface area contributed by atoms with Crippen LogP contribution in [0.1, 0.15) is 29.0 Å². The fourth-order valence-electron chi connectivity index (χ4n) is 3.59. The third-order valence-electron chi connectivity index (χ3n) is 5.27. The lowest BCUT2D eigenvalue weighted by Crippen LogP contribution is -2.28. The summed E-state index contributed by atoms with van der Waals surface area (Å²) in [6, 6.07) is 17.8. The number of hydrogen-bond donors (Lipinski definition) is 3. The van der Waals surface area contributed by atoms with Crippen molar-refractivity contribution in [1.82, 2.24) is 30.5 Å². The third kappa shape index (κ3) is 3.30. The molecule has 5 rings (SSSR count). The van der Waals surface area contributed by atoms with E-state index in [1.165, 1.54) is 5.56 Å². The van der Waals surface area contributed by atoms with Crippen LogP contribution >= 0.6 is 0 Å². The SMILES string of the molecule is C[C@H](CNC(=O)c1nc2cc3[nH][nH]c(-c4ccncc4)c3cc2n1)c1ccccc1.